The van der Waals surface area contributed by atoms with E-state index >= 15 is 0 Å². The third-order valence-corrected chi connectivity index (χ3v) is 7.51. The van der Waals surface area contributed by atoms with E-state index in [0.717, 1.165) is 38.8 Å². The minimum Gasteiger partial charge on any atom is -0.509 e. The van der Waals surface area contributed by atoms with Crippen LogP contribution in [0.5, 0.6) is 11.5 Å². The van der Waals surface area contributed by atoms with Crippen LogP contribution in [0, 0.1) is 26.0 Å². The predicted octanol–water partition coefficient (Wildman–Crippen LogP) is 8.98. The monoisotopic (exact) mass is 763 g/mol. The van der Waals surface area contributed by atoms with Gasteiger partial charge in [-0.1, -0.05) is 41.4 Å². The van der Waals surface area contributed by atoms with E-state index in [4.69, 9.17) is 4.74 Å². The second-order valence-electron chi connectivity index (χ2n) is 10.5. The minimum atomic E-state index is -0.690. The van der Waals surface area contributed by atoms with Gasteiger partial charge in [0.2, 0.25) is 0 Å². The molecular formula is C36H26F2N4OPt. The Bertz CT molecular complexity index is 2110. The normalized spacial score (nSPS) is 11.2. The first kappa shape index (κ1) is 29.5. The molecule has 0 bridgehead atoms. The van der Waals surface area contributed by atoms with Gasteiger partial charge in [0.15, 0.2) is 0 Å². The summed E-state index contributed by atoms with van der Waals surface area (Å²) in [6.45, 7) is 2.50. The van der Waals surface area contributed by atoms with Crippen molar-refractivity contribution in [2.75, 3.05) is 0 Å². The molecule has 0 fully saturated rings. The van der Waals surface area contributed by atoms with Gasteiger partial charge in [-0.15, -0.1) is 35.7 Å². The summed E-state index contributed by atoms with van der Waals surface area (Å²) < 4.78 is 37.7. The van der Waals surface area contributed by atoms with Crippen LogP contribution in [0.25, 0.3) is 44.4 Å². The van der Waals surface area contributed by atoms with Gasteiger partial charge < -0.3 is 9.30 Å². The van der Waals surface area contributed by atoms with Gasteiger partial charge in [0.05, 0.1) is 6.20 Å². The molecule has 5 nitrogen and oxygen atoms in total. The predicted molar refractivity (Wildman–Crippen MR) is 164 cm³/mol. The van der Waals surface area contributed by atoms with Crippen molar-refractivity contribution in [3.05, 3.63) is 132 Å². The topological polar surface area (TPSA) is 44.9 Å². The quantitative estimate of drug-likeness (QED) is 0.152. The van der Waals surface area contributed by atoms with E-state index in [1.807, 2.05) is 74.6 Å². The molecule has 0 aliphatic heterocycles. The third-order valence-electron chi connectivity index (χ3n) is 7.51. The number of hydrogen-bond donors (Lipinski definition) is 0. The van der Waals surface area contributed by atoms with Crippen LogP contribution in [0.15, 0.2) is 97.5 Å². The number of para-hydroxylation sites is 1. The van der Waals surface area contributed by atoms with Crippen LogP contribution in [-0.4, -0.2) is 19.3 Å². The number of aryl methyl sites for hydroxylation is 2. The van der Waals surface area contributed by atoms with Crippen LogP contribution in [0.3, 0.4) is 0 Å². The molecule has 0 aliphatic rings. The fourth-order valence-electron chi connectivity index (χ4n) is 5.67. The zero-order valence-corrected chi connectivity index (χ0v) is 26.2. The van der Waals surface area contributed by atoms with E-state index in [0.29, 0.717) is 39.4 Å². The molecule has 0 radical (unpaired) electrons. The van der Waals surface area contributed by atoms with E-state index in [9.17, 15) is 8.78 Å². The van der Waals surface area contributed by atoms with Crippen LogP contribution < -0.4 is 4.74 Å². The van der Waals surface area contributed by atoms with Gasteiger partial charge >= 0.3 is 21.1 Å². The summed E-state index contributed by atoms with van der Waals surface area (Å²) >= 11 is 0. The van der Waals surface area contributed by atoms with Crippen molar-refractivity contribution in [1.29, 1.82) is 0 Å². The number of hydrogen-bond acceptors (Lipinski definition) is 3. The van der Waals surface area contributed by atoms with Gasteiger partial charge in [0.1, 0.15) is 19.2 Å². The molecular weight excluding hydrogens is 737 g/mol. The zero-order chi connectivity index (χ0) is 29.5. The van der Waals surface area contributed by atoms with E-state index in [1.165, 1.54) is 0 Å². The van der Waals surface area contributed by atoms with Crippen LogP contribution >= 0.6 is 0 Å². The second-order valence-corrected chi connectivity index (χ2v) is 10.5. The van der Waals surface area contributed by atoms with Gasteiger partial charge in [-0.3, -0.25) is 4.68 Å². The maximum Gasteiger partial charge on any atom is 2.00 e. The van der Waals surface area contributed by atoms with Gasteiger partial charge in [-0.2, -0.15) is 17.2 Å². The van der Waals surface area contributed by atoms with Crippen LogP contribution in [0.1, 0.15) is 22.3 Å². The average Bonchev–Trinajstić information content (AvgIpc) is 3.64. The van der Waals surface area contributed by atoms with E-state index in [-0.39, 0.29) is 21.1 Å². The smallest absolute Gasteiger partial charge is 0.509 e. The van der Waals surface area contributed by atoms with Gasteiger partial charge in [0, 0.05) is 35.0 Å². The number of fused-ring (bicyclic) bond motifs is 3. The molecule has 0 spiro atoms. The third kappa shape index (κ3) is 5.33. The number of benzene rings is 4. The molecule has 3 heterocycles. The fraction of sp³-hybridized carbons (Fsp3) is 0.111. The van der Waals surface area contributed by atoms with E-state index in [2.05, 4.69) is 38.9 Å². The van der Waals surface area contributed by atoms with Crippen LogP contribution in [0.4, 0.5) is 8.78 Å². The van der Waals surface area contributed by atoms with Gasteiger partial charge in [-0.25, -0.2) is 13.8 Å². The SMILES string of the molecule is Cc1ccnc(-n2c3[c-]c(Oc4[c-]c(-n5cc(-c6c(CF)cc(C)cc6CF)cn5)ccc4)ccc3c3ccccc32)c1.[Pt+2]. The molecule has 0 amide bonds. The molecule has 7 aromatic rings. The molecule has 0 atom stereocenters. The van der Waals surface area contributed by atoms with Gasteiger partial charge in [0.25, 0.3) is 0 Å². The fourth-order valence-corrected chi connectivity index (χ4v) is 5.67. The average molecular weight is 764 g/mol. The molecule has 4 aromatic carbocycles. The Morgan fingerprint density at radius 1 is 0.795 bits per heavy atom. The number of pyridine rings is 1. The summed E-state index contributed by atoms with van der Waals surface area (Å²) in [7, 11) is 0. The van der Waals surface area contributed by atoms with Crippen molar-refractivity contribution in [2.45, 2.75) is 27.2 Å². The molecule has 0 N–H and O–H groups in total. The molecule has 7 rings (SSSR count). The van der Waals surface area contributed by atoms with E-state index in [1.54, 1.807) is 29.2 Å². The maximum atomic E-state index is 13.9. The minimum absolute atomic E-state index is 0. The van der Waals surface area contributed by atoms with Gasteiger partial charge in [-0.05, 0) is 65.4 Å². The number of rotatable bonds is 7. The summed E-state index contributed by atoms with van der Waals surface area (Å²) in [5, 5.41) is 6.62. The van der Waals surface area contributed by atoms with Crippen molar-refractivity contribution < 1.29 is 34.6 Å². The first-order chi connectivity index (χ1) is 21.0. The standard InChI is InChI=1S/C36H26F2N4O.Pt/c1-23-12-13-39-35(16-23)42-33-9-4-3-8-31(33)32-11-10-30(18-34(32)42)43-29-7-5-6-28(17-29)41-22-27(21-40-41)36-25(19-37)14-24(2)15-26(36)20-38;/h3-16,21-22H,19-20H2,1-2H3;/q-2;+2. The summed E-state index contributed by atoms with van der Waals surface area (Å²) in [4.78, 5) is 4.64. The van der Waals surface area contributed by atoms with Crippen molar-refractivity contribution in [3.63, 3.8) is 0 Å². The summed E-state index contributed by atoms with van der Waals surface area (Å²) in [5.41, 5.74) is 6.50. The largest absolute Gasteiger partial charge is 2.00 e. The number of nitrogens with zero attached hydrogens (tertiary/aromatic N) is 4. The molecule has 220 valence electrons. The maximum absolute atomic E-state index is 13.9. The van der Waals surface area contributed by atoms with Crippen LogP contribution in [0.2, 0.25) is 0 Å². The first-order valence-electron chi connectivity index (χ1n) is 13.9. The summed E-state index contributed by atoms with van der Waals surface area (Å²) in [5.74, 6) is 1.81. The molecule has 8 heteroatoms. The Hall–Kier alpha value is -4.61. The van der Waals surface area contributed by atoms with Crippen molar-refractivity contribution in [3.8, 4) is 34.1 Å². The molecule has 44 heavy (non-hydrogen) atoms. The molecule has 0 aliphatic carbocycles. The molecule has 3 aromatic heterocycles. The zero-order valence-electron chi connectivity index (χ0n) is 23.9. The summed E-state index contributed by atoms with van der Waals surface area (Å²) in [6, 6.07) is 31.9. The van der Waals surface area contributed by atoms with Crippen molar-refractivity contribution >= 4 is 21.8 Å². The van der Waals surface area contributed by atoms with E-state index < -0.39 is 13.3 Å². The van der Waals surface area contributed by atoms with Crippen LogP contribution in [-0.2, 0) is 34.4 Å². The number of aromatic nitrogens is 4. The Labute approximate surface area is 268 Å². The molecule has 0 saturated carbocycles. The Balaban J connectivity index is 0.00000343. The number of ether oxygens (including phenoxy) is 1. The number of halogens is 2. The Morgan fingerprint density at radius 3 is 2.34 bits per heavy atom. The Morgan fingerprint density at radius 2 is 1.57 bits per heavy atom. The molecule has 0 unspecified atom stereocenters. The molecule has 0 saturated heterocycles. The first-order valence-corrected chi connectivity index (χ1v) is 13.9. The Kier molecular flexibility index (Phi) is 8.15. The second kappa shape index (κ2) is 12.2. The number of alkyl halides is 2. The van der Waals surface area contributed by atoms with Crippen molar-refractivity contribution in [2.24, 2.45) is 0 Å². The summed E-state index contributed by atoms with van der Waals surface area (Å²) in [6.07, 6.45) is 5.18. The van der Waals surface area contributed by atoms with Crippen molar-refractivity contribution in [1.82, 2.24) is 19.3 Å².